The lowest BCUT2D eigenvalue weighted by molar-refractivity contribution is -0.117. The van der Waals surface area contributed by atoms with Gasteiger partial charge in [0.1, 0.15) is 30.2 Å². The number of nitrogens with zero attached hydrogens (tertiary/aromatic N) is 4. The van der Waals surface area contributed by atoms with E-state index in [-0.39, 0.29) is 0 Å². The number of hydrogen-bond acceptors (Lipinski definition) is 5. The Morgan fingerprint density at radius 1 is 1.06 bits per heavy atom. The number of carbonyl (C=O) groups excluding carboxylic acids is 1. The Morgan fingerprint density at radius 2 is 1.74 bits per heavy atom. The first-order valence-corrected chi connectivity index (χ1v) is 8.42. The molecule has 1 atom stereocenters. The molecule has 0 radical (unpaired) electrons. The molecule has 7 nitrogen and oxygen atoms in total. The molecule has 1 unspecified atom stereocenters. The summed E-state index contributed by atoms with van der Waals surface area (Å²) < 4.78 is 81.1. The second-order valence-electron chi connectivity index (χ2n) is 6.10. The number of nitrogens with one attached hydrogen (secondary N) is 1. The molecule has 3 rings (SSSR count). The summed E-state index contributed by atoms with van der Waals surface area (Å²) in [6, 6.07) is 2.52. The van der Waals surface area contributed by atoms with Crippen LogP contribution in [0.5, 0.6) is 0 Å². The van der Waals surface area contributed by atoms with Crippen molar-refractivity contribution in [2.75, 3.05) is 5.32 Å². The Labute approximate surface area is 169 Å². The van der Waals surface area contributed by atoms with Crippen LogP contribution in [0.2, 0.25) is 0 Å². The molecule has 162 valence electrons. The summed E-state index contributed by atoms with van der Waals surface area (Å²) in [5.41, 5.74) is -3.06. The van der Waals surface area contributed by atoms with Crippen LogP contribution < -0.4 is 10.9 Å². The van der Waals surface area contributed by atoms with Gasteiger partial charge in [-0.3, -0.25) is 9.59 Å². The maximum atomic E-state index is 14.2. The normalized spacial score (nSPS) is 12.1. The van der Waals surface area contributed by atoms with Crippen LogP contribution in [0.3, 0.4) is 0 Å². The van der Waals surface area contributed by atoms with Crippen molar-refractivity contribution in [3.8, 4) is 11.1 Å². The predicted octanol–water partition coefficient (Wildman–Crippen LogP) is 3.03. The standard InChI is InChI=1S/C18H11F6N5O2/c19-9-1-8(2-10(20)3-9)11-4-14(31)29(28-16(11)15(22)17(23)24)6-13(30)27-18-12(21)5-25-7-26-18/h1-5,7,15,17H,6H2,(H,25,26,27,30). The Kier molecular flexibility index (Phi) is 6.32. The number of carbonyl (C=O) groups is 1. The van der Waals surface area contributed by atoms with Gasteiger partial charge in [-0.05, 0) is 17.7 Å². The minimum absolute atomic E-state index is 0.345. The maximum absolute atomic E-state index is 14.2. The molecule has 0 aliphatic rings. The van der Waals surface area contributed by atoms with Gasteiger partial charge in [0.25, 0.3) is 12.0 Å². The van der Waals surface area contributed by atoms with E-state index >= 15 is 0 Å². The van der Waals surface area contributed by atoms with Crippen LogP contribution in [0.25, 0.3) is 11.1 Å². The molecule has 0 aliphatic heterocycles. The lowest BCUT2D eigenvalue weighted by atomic mass is 10.0. The van der Waals surface area contributed by atoms with E-state index in [4.69, 9.17) is 0 Å². The molecule has 0 bridgehead atoms. The molecule has 0 fully saturated rings. The molecule has 0 aliphatic carbocycles. The number of aromatic nitrogens is 4. The molecule has 1 N–H and O–H groups in total. The summed E-state index contributed by atoms with van der Waals surface area (Å²) in [7, 11) is 0. The number of benzene rings is 1. The maximum Gasteiger partial charge on any atom is 0.275 e. The fraction of sp³-hybridized carbons (Fsp3) is 0.167. The second-order valence-corrected chi connectivity index (χ2v) is 6.10. The smallest absolute Gasteiger partial charge is 0.275 e. The first-order chi connectivity index (χ1) is 14.7. The van der Waals surface area contributed by atoms with E-state index in [0.29, 0.717) is 28.9 Å². The van der Waals surface area contributed by atoms with Crippen molar-refractivity contribution in [2.24, 2.45) is 0 Å². The van der Waals surface area contributed by atoms with Gasteiger partial charge in [-0.2, -0.15) is 5.10 Å². The summed E-state index contributed by atoms with van der Waals surface area (Å²) in [5.74, 6) is -4.72. The molecule has 31 heavy (non-hydrogen) atoms. The van der Waals surface area contributed by atoms with Crippen LogP contribution in [0.4, 0.5) is 32.2 Å². The summed E-state index contributed by atoms with van der Waals surface area (Å²) in [4.78, 5) is 31.2. The van der Waals surface area contributed by atoms with E-state index in [1.165, 1.54) is 0 Å². The lowest BCUT2D eigenvalue weighted by Gasteiger charge is -2.15. The van der Waals surface area contributed by atoms with Gasteiger partial charge >= 0.3 is 0 Å². The van der Waals surface area contributed by atoms with E-state index in [1.807, 2.05) is 5.32 Å². The Morgan fingerprint density at radius 3 is 2.35 bits per heavy atom. The third-order valence-electron chi connectivity index (χ3n) is 3.90. The van der Waals surface area contributed by atoms with E-state index in [0.717, 1.165) is 12.5 Å². The first-order valence-electron chi connectivity index (χ1n) is 8.42. The highest BCUT2D eigenvalue weighted by atomic mass is 19.3. The Hall–Kier alpha value is -3.77. The van der Waals surface area contributed by atoms with Crippen molar-refractivity contribution < 1.29 is 31.1 Å². The largest absolute Gasteiger partial charge is 0.307 e. The van der Waals surface area contributed by atoms with Gasteiger partial charge in [0.2, 0.25) is 12.1 Å². The highest BCUT2D eigenvalue weighted by Gasteiger charge is 2.28. The number of hydrogen-bond donors (Lipinski definition) is 1. The molecule has 3 aromatic rings. The van der Waals surface area contributed by atoms with Gasteiger partial charge in [0, 0.05) is 17.7 Å². The lowest BCUT2D eigenvalue weighted by Crippen LogP contribution is -2.31. The predicted molar refractivity (Wildman–Crippen MR) is 94.3 cm³/mol. The van der Waals surface area contributed by atoms with Gasteiger partial charge in [-0.15, -0.1) is 0 Å². The molecule has 0 saturated heterocycles. The van der Waals surface area contributed by atoms with Gasteiger partial charge < -0.3 is 5.32 Å². The molecule has 2 aromatic heterocycles. The van der Waals surface area contributed by atoms with Crippen LogP contribution in [0.15, 0.2) is 41.6 Å². The van der Waals surface area contributed by atoms with E-state index in [1.54, 1.807) is 0 Å². The number of halogens is 6. The van der Waals surface area contributed by atoms with Gasteiger partial charge in [0.05, 0.1) is 6.20 Å². The van der Waals surface area contributed by atoms with Crippen LogP contribution >= 0.6 is 0 Å². The second kappa shape index (κ2) is 8.93. The molecule has 1 aromatic carbocycles. The third-order valence-corrected chi connectivity index (χ3v) is 3.90. The zero-order chi connectivity index (χ0) is 22.7. The molecular weight excluding hydrogens is 432 g/mol. The Bertz CT molecular complexity index is 1170. The average molecular weight is 443 g/mol. The topological polar surface area (TPSA) is 89.8 Å². The molecule has 0 spiro atoms. The van der Waals surface area contributed by atoms with Crippen molar-refractivity contribution >= 4 is 11.7 Å². The van der Waals surface area contributed by atoms with E-state index in [2.05, 4.69) is 15.1 Å². The van der Waals surface area contributed by atoms with Crippen molar-refractivity contribution in [3.63, 3.8) is 0 Å². The fourth-order valence-electron chi connectivity index (χ4n) is 2.59. The molecule has 2 heterocycles. The zero-order valence-corrected chi connectivity index (χ0v) is 15.2. The van der Waals surface area contributed by atoms with Crippen LogP contribution in [0.1, 0.15) is 11.9 Å². The van der Waals surface area contributed by atoms with Gasteiger partial charge in [-0.25, -0.2) is 41.0 Å². The van der Waals surface area contributed by atoms with Crippen molar-refractivity contribution in [3.05, 3.63) is 70.3 Å². The van der Waals surface area contributed by atoms with Crippen molar-refractivity contribution in [1.82, 2.24) is 19.7 Å². The van der Waals surface area contributed by atoms with Crippen LogP contribution in [-0.2, 0) is 11.3 Å². The summed E-state index contributed by atoms with van der Waals surface area (Å²) >= 11 is 0. The number of rotatable bonds is 6. The third kappa shape index (κ3) is 5.05. The number of amides is 1. The van der Waals surface area contributed by atoms with E-state index < -0.39 is 70.7 Å². The van der Waals surface area contributed by atoms with Crippen LogP contribution in [-0.4, -0.2) is 32.1 Å². The zero-order valence-electron chi connectivity index (χ0n) is 15.2. The van der Waals surface area contributed by atoms with Crippen molar-refractivity contribution in [1.29, 1.82) is 0 Å². The SMILES string of the molecule is O=C(Cn1nc(C(F)C(F)F)c(-c2cc(F)cc(F)c2)cc1=O)Nc1ncncc1F. The van der Waals surface area contributed by atoms with Gasteiger partial charge in [0.15, 0.2) is 11.6 Å². The highest BCUT2D eigenvalue weighted by molar-refractivity contribution is 5.89. The average Bonchev–Trinajstić information content (AvgIpc) is 2.69. The number of anilines is 1. The minimum atomic E-state index is -3.58. The number of alkyl halides is 3. The molecule has 1 amide bonds. The van der Waals surface area contributed by atoms with Crippen LogP contribution in [0, 0.1) is 17.5 Å². The van der Waals surface area contributed by atoms with Crippen molar-refractivity contribution in [2.45, 2.75) is 19.1 Å². The molecule has 13 heteroatoms. The van der Waals surface area contributed by atoms with E-state index in [9.17, 15) is 35.9 Å². The summed E-state index contributed by atoms with van der Waals surface area (Å²) in [6.07, 6.45) is -4.92. The summed E-state index contributed by atoms with van der Waals surface area (Å²) in [6.45, 7) is -0.914. The molecule has 0 saturated carbocycles. The molecular formula is C18H11F6N5O2. The fourth-order valence-corrected chi connectivity index (χ4v) is 2.59. The first kappa shape index (κ1) is 21.9. The van der Waals surface area contributed by atoms with Gasteiger partial charge in [-0.1, -0.05) is 0 Å². The quantitative estimate of drug-likeness (QED) is 0.592. The summed E-state index contributed by atoms with van der Waals surface area (Å²) in [5, 5.41) is 5.46. The highest BCUT2D eigenvalue weighted by Crippen LogP contribution is 2.32. The monoisotopic (exact) mass is 443 g/mol. The minimum Gasteiger partial charge on any atom is -0.307 e. The Balaban J connectivity index is 2.01.